The molecule has 2 N–H and O–H groups in total. The van der Waals surface area contributed by atoms with Gasteiger partial charge in [0.05, 0.1) is 39.9 Å². The Balaban J connectivity index is 4.47. The molecule has 3 unspecified atom stereocenters. The Hall–Kier alpha value is -1.80. The lowest BCUT2D eigenvalue weighted by Crippen LogP contribution is -2.46. The summed E-state index contributed by atoms with van der Waals surface area (Å²) < 4.78 is 23.1. The Kier molecular flexibility index (Phi) is 31.9. The number of allylic oxidation sites excluding steroid dienone is 10. The molecule has 0 spiro atoms. The number of nitrogens with one attached hydrogen (secondary N) is 1. The van der Waals surface area contributed by atoms with Crippen molar-refractivity contribution in [1.82, 2.24) is 5.32 Å². The summed E-state index contributed by atoms with van der Waals surface area (Å²) in [6, 6.07) is -0.817. The van der Waals surface area contributed by atoms with E-state index in [0.29, 0.717) is 23.9 Å². The zero-order valence-electron chi connectivity index (χ0n) is 32.6. The second-order valence-corrected chi connectivity index (χ2v) is 15.7. The van der Waals surface area contributed by atoms with Gasteiger partial charge in [0.15, 0.2) is 0 Å². The lowest BCUT2D eigenvalue weighted by molar-refractivity contribution is -0.870. The zero-order valence-corrected chi connectivity index (χ0v) is 33.5. The van der Waals surface area contributed by atoms with E-state index >= 15 is 0 Å². The smallest absolute Gasteiger partial charge is 0.268 e. The first-order valence-electron chi connectivity index (χ1n) is 19.6. The third kappa shape index (κ3) is 34.6. The SMILES string of the molecule is CC/C=C\C/C=C\C/C=C\C/C=C\C/C=C\CCCCCC(=O)NC(COP(=O)([O-])OCC[N+](C)(C)C)C(O)CCCCCCCCCCC. The van der Waals surface area contributed by atoms with E-state index in [-0.39, 0.29) is 19.1 Å². The highest BCUT2D eigenvalue weighted by molar-refractivity contribution is 7.45. The highest BCUT2D eigenvalue weighted by Gasteiger charge is 2.24. The van der Waals surface area contributed by atoms with Crippen LogP contribution in [0.3, 0.4) is 0 Å². The topological polar surface area (TPSA) is 108 Å². The largest absolute Gasteiger partial charge is 0.756 e. The van der Waals surface area contributed by atoms with Crippen molar-refractivity contribution in [2.75, 3.05) is 40.9 Å². The Labute approximate surface area is 307 Å². The van der Waals surface area contributed by atoms with Crippen LogP contribution in [0.4, 0.5) is 0 Å². The van der Waals surface area contributed by atoms with Crippen LogP contribution in [0.2, 0.25) is 0 Å². The van der Waals surface area contributed by atoms with Crippen LogP contribution in [-0.2, 0) is 18.4 Å². The number of phosphoric acid groups is 1. The van der Waals surface area contributed by atoms with Gasteiger partial charge in [-0.05, 0) is 57.8 Å². The standard InChI is InChI=1S/C41H75N2O6P/c1-6-8-10-12-14-16-17-18-19-20-21-22-23-24-25-27-29-31-33-35-41(45)42-39(38-49-50(46,47)48-37-36-43(3,4)5)40(44)34-32-30-28-26-15-13-11-9-7-2/h8,10,14,16,18-19,21-22,24-25,39-40,44H,6-7,9,11-13,15,17,20,23,26-38H2,1-5H3,(H-,42,45,46,47)/b10-8-,16-14-,19-18-,22-21-,25-24-. The van der Waals surface area contributed by atoms with Crippen molar-refractivity contribution in [3.8, 4) is 0 Å². The summed E-state index contributed by atoms with van der Waals surface area (Å²) in [5.41, 5.74) is 0. The molecule has 0 aromatic carbocycles. The fourth-order valence-electron chi connectivity index (χ4n) is 5.12. The van der Waals surface area contributed by atoms with E-state index in [9.17, 15) is 19.4 Å². The molecule has 3 atom stereocenters. The lowest BCUT2D eigenvalue weighted by Gasteiger charge is -2.30. The maximum Gasteiger partial charge on any atom is 0.268 e. The number of carbonyl (C=O) groups excluding carboxylic acids is 1. The van der Waals surface area contributed by atoms with Crippen molar-refractivity contribution in [2.45, 2.75) is 154 Å². The molecule has 290 valence electrons. The van der Waals surface area contributed by atoms with E-state index < -0.39 is 20.0 Å². The van der Waals surface area contributed by atoms with Crippen molar-refractivity contribution in [3.63, 3.8) is 0 Å². The molecular formula is C41H75N2O6P. The van der Waals surface area contributed by atoms with E-state index in [1.807, 2.05) is 21.1 Å². The summed E-state index contributed by atoms with van der Waals surface area (Å²) in [7, 11) is 1.27. The molecule has 0 rings (SSSR count). The van der Waals surface area contributed by atoms with Crippen LogP contribution in [0, 0.1) is 0 Å². The number of aliphatic hydroxyl groups is 1. The number of aliphatic hydroxyl groups excluding tert-OH is 1. The minimum atomic E-state index is -4.57. The van der Waals surface area contributed by atoms with E-state index in [2.05, 4.69) is 79.9 Å². The van der Waals surface area contributed by atoms with Gasteiger partial charge in [0, 0.05) is 6.42 Å². The molecule has 50 heavy (non-hydrogen) atoms. The molecule has 0 aliphatic rings. The first-order chi connectivity index (χ1) is 24.0. The summed E-state index contributed by atoms with van der Waals surface area (Å²) in [5, 5.41) is 13.8. The molecule has 0 saturated heterocycles. The van der Waals surface area contributed by atoms with Crippen molar-refractivity contribution in [1.29, 1.82) is 0 Å². The Morgan fingerprint density at radius 2 is 1.22 bits per heavy atom. The molecule has 0 saturated carbocycles. The van der Waals surface area contributed by atoms with Gasteiger partial charge in [0.2, 0.25) is 5.91 Å². The molecule has 0 heterocycles. The fraction of sp³-hybridized carbons (Fsp3) is 0.732. The molecule has 0 fully saturated rings. The van der Waals surface area contributed by atoms with Crippen LogP contribution >= 0.6 is 7.82 Å². The molecule has 1 amide bonds. The summed E-state index contributed by atoms with van der Waals surface area (Å²) in [6.07, 6.45) is 40.8. The van der Waals surface area contributed by atoms with Crippen LogP contribution in [0.25, 0.3) is 0 Å². The van der Waals surface area contributed by atoms with Gasteiger partial charge in [-0.3, -0.25) is 9.36 Å². The van der Waals surface area contributed by atoms with Crippen molar-refractivity contribution in [2.24, 2.45) is 0 Å². The van der Waals surface area contributed by atoms with Gasteiger partial charge in [-0.1, -0.05) is 139 Å². The average Bonchev–Trinajstić information content (AvgIpc) is 3.06. The number of phosphoric ester groups is 1. The lowest BCUT2D eigenvalue weighted by atomic mass is 10.0. The van der Waals surface area contributed by atoms with Gasteiger partial charge in [-0.2, -0.15) is 0 Å². The summed E-state index contributed by atoms with van der Waals surface area (Å²) in [4.78, 5) is 25.2. The van der Waals surface area contributed by atoms with Gasteiger partial charge in [0.1, 0.15) is 13.2 Å². The van der Waals surface area contributed by atoms with Gasteiger partial charge < -0.3 is 28.8 Å². The highest BCUT2D eigenvalue weighted by atomic mass is 31.2. The van der Waals surface area contributed by atoms with Crippen molar-refractivity contribution in [3.05, 3.63) is 60.8 Å². The quantitative estimate of drug-likeness (QED) is 0.0297. The maximum absolute atomic E-state index is 12.8. The highest BCUT2D eigenvalue weighted by Crippen LogP contribution is 2.38. The minimum Gasteiger partial charge on any atom is -0.756 e. The van der Waals surface area contributed by atoms with Crippen LogP contribution in [0.5, 0.6) is 0 Å². The first kappa shape index (κ1) is 48.2. The maximum atomic E-state index is 12.8. The van der Waals surface area contributed by atoms with Crippen molar-refractivity contribution >= 4 is 13.7 Å². The number of hydrogen-bond acceptors (Lipinski definition) is 6. The Bertz CT molecular complexity index is 1000. The molecule has 9 heteroatoms. The van der Waals surface area contributed by atoms with Gasteiger partial charge in [0.25, 0.3) is 7.82 Å². The number of nitrogens with zero attached hydrogens (tertiary/aromatic N) is 1. The molecular weight excluding hydrogens is 647 g/mol. The summed E-state index contributed by atoms with van der Waals surface area (Å²) in [6.45, 7) is 4.52. The number of carbonyl (C=O) groups is 1. The normalized spacial score (nSPS) is 15.3. The predicted octanol–water partition coefficient (Wildman–Crippen LogP) is 9.66. The number of rotatable bonds is 34. The predicted molar refractivity (Wildman–Crippen MR) is 210 cm³/mol. The van der Waals surface area contributed by atoms with E-state index in [1.54, 1.807) is 0 Å². The Morgan fingerprint density at radius 3 is 1.76 bits per heavy atom. The summed E-state index contributed by atoms with van der Waals surface area (Å²) >= 11 is 0. The molecule has 0 aromatic heterocycles. The van der Waals surface area contributed by atoms with Gasteiger partial charge in [-0.25, -0.2) is 0 Å². The fourth-order valence-corrected chi connectivity index (χ4v) is 5.84. The molecule has 0 aromatic rings. The molecule has 0 radical (unpaired) electrons. The number of quaternary nitrogens is 1. The average molecular weight is 723 g/mol. The number of unbranched alkanes of at least 4 members (excludes halogenated alkanes) is 11. The number of likely N-dealkylation sites (N-methyl/N-ethyl adjacent to an activating group) is 1. The van der Waals surface area contributed by atoms with E-state index in [1.165, 1.54) is 38.5 Å². The van der Waals surface area contributed by atoms with Crippen LogP contribution in [0.15, 0.2) is 60.8 Å². The van der Waals surface area contributed by atoms with E-state index in [4.69, 9.17) is 9.05 Å². The van der Waals surface area contributed by atoms with Crippen LogP contribution in [-0.4, -0.2) is 68.5 Å². The van der Waals surface area contributed by atoms with Gasteiger partial charge >= 0.3 is 0 Å². The second-order valence-electron chi connectivity index (χ2n) is 14.3. The van der Waals surface area contributed by atoms with Crippen LogP contribution < -0.4 is 10.2 Å². The second kappa shape index (κ2) is 33.1. The molecule has 0 bridgehead atoms. The van der Waals surface area contributed by atoms with Crippen molar-refractivity contribution < 1.29 is 32.9 Å². The molecule has 8 nitrogen and oxygen atoms in total. The van der Waals surface area contributed by atoms with Crippen LogP contribution in [0.1, 0.15) is 142 Å². The molecule has 0 aliphatic heterocycles. The van der Waals surface area contributed by atoms with Gasteiger partial charge in [-0.15, -0.1) is 0 Å². The third-order valence-electron chi connectivity index (χ3n) is 8.27. The number of hydrogen-bond donors (Lipinski definition) is 2. The molecule has 0 aliphatic carbocycles. The zero-order chi connectivity index (χ0) is 37.2. The Morgan fingerprint density at radius 1 is 0.720 bits per heavy atom. The first-order valence-corrected chi connectivity index (χ1v) is 21.1. The monoisotopic (exact) mass is 723 g/mol. The summed E-state index contributed by atoms with van der Waals surface area (Å²) in [5.74, 6) is -0.203. The number of amides is 1. The third-order valence-corrected chi connectivity index (χ3v) is 9.23. The van der Waals surface area contributed by atoms with E-state index in [0.717, 1.165) is 77.0 Å². The minimum absolute atomic E-state index is 0.00191.